The Morgan fingerprint density at radius 2 is 1.82 bits per heavy atom. The summed E-state index contributed by atoms with van der Waals surface area (Å²) in [7, 11) is 0. The van der Waals surface area contributed by atoms with E-state index in [1.54, 1.807) is 12.4 Å². The topological polar surface area (TPSA) is 69.3 Å². The number of rotatable bonds is 16. The zero-order valence-electron chi connectivity index (χ0n) is 24.4. The number of allylic oxidation sites excluding steroid dienone is 2. The van der Waals surface area contributed by atoms with Gasteiger partial charge in [-0.05, 0) is 36.1 Å². The van der Waals surface area contributed by atoms with Crippen LogP contribution in [0.5, 0.6) is 0 Å². The molecule has 3 heterocycles. The van der Waals surface area contributed by atoms with Gasteiger partial charge >= 0.3 is 0 Å². The quantitative estimate of drug-likeness (QED) is 0.160. The number of hydrogen-bond acceptors (Lipinski definition) is 6. The van der Waals surface area contributed by atoms with Crippen LogP contribution in [-0.4, -0.2) is 76.7 Å². The van der Waals surface area contributed by atoms with Crippen molar-refractivity contribution in [3.63, 3.8) is 0 Å². The van der Waals surface area contributed by atoms with Crippen LogP contribution in [0, 0.1) is 0 Å². The Bertz CT molecular complexity index is 1240. The van der Waals surface area contributed by atoms with Crippen molar-refractivity contribution in [1.82, 2.24) is 24.8 Å². The molecule has 1 aromatic carbocycles. The number of H-pyrrole nitrogens is 1. The summed E-state index contributed by atoms with van der Waals surface area (Å²) in [6.07, 6.45) is 12.2. The molecule has 3 aromatic rings. The highest BCUT2D eigenvalue weighted by Gasteiger charge is 2.17. The fourth-order valence-electron chi connectivity index (χ4n) is 5.17. The number of nitrogens with one attached hydrogen (secondary N) is 2. The number of piperazine rings is 1. The lowest BCUT2D eigenvalue weighted by Gasteiger charge is -2.34. The SMILES string of the molecule is C=C/C=C(\C=C)[C@@H](C)Nc1ncnc2[nH]c(-c3ccc(CN4CCN(CCOCCCCCC)CC4)cc3)cc12. The molecule has 214 valence electrons. The second-order valence-electron chi connectivity index (χ2n) is 10.6. The van der Waals surface area contributed by atoms with E-state index in [4.69, 9.17) is 4.74 Å². The van der Waals surface area contributed by atoms with Crippen molar-refractivity contribution in [3.8, 4) is 11.3 Å². The van der Waals surface area contributed by atoms with E-state index in [2.05, 4.69) is 87.4 Å². The van der Waals surface area contributed by atoms with E-state index in [-0.39, 0.29) is 6.04 Å². The summed E-state index contributed by atoms with van der Waals surface area (Å²) in [5.41, 5.74) is 5.38. The van der Waals surface area contributed by atoms with Crippen molar-refractivity contribution in [2.45, 2.75) is 52.1 Å². The van der Waals surface area contributed by atoms with Crippen molar-refractivity contribution in [2.24, 2.45) is 0 Å². The minimum absolute atomic E-state index is 0.0433. The number of hydrogen-bond donors (Lipinski definition) is 2. The Balaban J connectivity index is 1.28. The molecule has 4 rings (SSSR count). The molecule has 7 nitrogen and oxygen atoms in total. The van der Waals surface area contributed by atoms with Gasteiger partial charge in [0.05, 0.1) is 12.0 Å². The van der Waals surface area contributed by atoms with Crippen LogP contribution in [0.4, 0.5) is 5.82 Å². The summed E-state index contributed by atoms with van der Waals surface area (Å²) in [6, 6.07) is 11.0. The third-order valence-electron chi connectivity index (χ3n) is 7.65. The fraction of sp³-hybridized carbons (Fsp3) is 0.455. The van der Waals surface area contributed by atoms with Gasteiger partial charge in [0.1, 0.15) is 17.8 Å². The normalized spacial score (nSPS) is 15.8. The molecule has 0 bridgehead atoms. The van der Waals surface area contributed by atoms with Crippen LogP contribution in [0.2, 0.25) is 0 Å². The molecule has 1 aliphatic heterocycles. The van der Waals surface area contributed by atoms with Crippen LogP contribution in [0.1, 0.15) is 45.1 Å². The number of benzene rings is 1. The van der Waals surface area contributed by atoms with Crippen LogP contribution in [0.25, 0.3) is 22.3 Å². The molecule has 2 aromatic heterocycles. The van der Waals surface area contributed by atoms with Gasteiger partial charge in [0.15, 0.2) is 0 Å². The van der Waals surface area contributed by atoms with E-state index < -0.39 is 0 Å². The maximum Gasteiger partial charge on any atom is 0.143 e. The summed E-state index contributed by atoms with van der Waals surface area (Å²) in [5, 5.41) is 4.46. The average Bonchev–Trinajstić information content (AvgIpc) is 3.42. The standard InChI is InChI=1S/C33H46N6O/c1-5-8-9-10-21-40-22-20-38-16-18-39(19-17-38)24-27-12-14-29(15-13-27)31-23-30-32(34-25-35-33(30)37-31)36-26(4)28(7-3)11-6-2/h6-7,11-15,23,25-26H,2-3,5,8-10,16-22,24H2,1,4H3,(H2,34,35,36,37)/b28-11+/t26-/m1/s1. The highest BCUT2D eigenvalue weighted by molar-refractivity contribution is 5.91. The molecule has 0 radical (unpaired) electrons. The van der Waals surface area contributed by atoms with Gasteiger partial charge in [-0.2, -0.15) is 0 Å². The van der Waals surface area contributed by atoms with Gasteiger partial charge < -0.3 is 15.0 Å². The third kappa shape index (κ3) is 8.37. The zero-order valence-corrected chi connectivity index (χ0v) is 24.4. The molecule has 0 amide bonds. The first-order valence-corrected chi connectivity index (χ1v) is 14.8. The number of unbranched alkanes of at least 4 members (excludes halogenated alkanes) is 3. The van der Waals surface area contributed by atoms with Crippen molar-refractivity contribution in [1.29, 1.82) is 0 Å². The minimum atomic E-state index is 0.0433. The van der Waals surface area contributed by atoms with E-state index >= 15 is 0 Å². The van der Waals surface area contributed by atoms with E-state index in [0.717, 1.165) is 86.2 Å². The number of nitrogens with zero attached hydrogens (tertiary/aromatic N) is 4. The molecule has 1 saturated heterocycles. The van der Waals surface area contributed by atoms with Crippen LogP contribution in [-0.2, 0) is 11.3 Å². The number of anilines is 1. The Kier molecular flexibility index (Phi) is 11.5. The van der Waals surface area contributed by atoms with Gasteiger partial charge in [0, 0.05) is 57.6 Å². The zero-order chi connectivity index (χ0) is 28.2. The van der Waals surface area contributed by atoms with Gasteiger partial charge in [-0.25, -0.2) is 9.97 Å². The lowest BCUT2D eigenvalue weighted by Crippen LogP contribution is -2.46. The monoisotopic (exact) mass is 542 g/mol. The predicted molar refractivity (Wildman–Crippen MR) is 168 cm³/mol. The average molecular weight is 543 g/mol. The van der Waals surface area contributed by atoms with Crippen LogP contribution >= 0.6 is 0 Å². The molecule has 1 atom stereocenters. The van der Waals surface area contributed by atoms with Gasteiger partial charge in [-0.1, -0.05) is 81.8 Å². The number of fused-ring (bicyclic) bond motifs is 1. The lowest BCUT2D eigenvalue weighted by atomic mass is 10.1. The first-order valence-electron chi connectivity index (χ1n) is 14.8. The first kappa shape index (κ1) is 29.7. The largest absolute Gasteiger partial charge is 0.380 e. The van der Waals surface area contributed by atoms with Gasteiger partial charge in [0.2, 0.25) is 0 Å². The highest BCUT2D eigenvalue weighted by atomic mass is 16.5. The molecule has 40 heavy (non-hydrogen) atoms. The molecule has 0 spiro atoms. The molecular weight excluding hydrogens is 496 g/mol. The maximum absolute atomic E-state index is 5.84. The molecular formula is C33H46N6O. The fourth-order valence-corrected chi connectivity index (χ4v) is 5.17. The van der Waals surface area contributed by atoms with Gasteiger partial charge in [-0.3, -0.25) is 9.80 Å². The number of aromatic amines is 1. The number of aromatic nitrogens is 3. The van der Waals surface area contributed by atoms with E-state index in [9.17, 15) is 0 Å². The second-order valence-corrected chi connectivity index (χ2v) is 10.6. The molecule has 1 aliphatic rings. The lowest BCUT2D eigenvalue weighted by molar-refractivity contribution is 0.0720. The highest BCUT2D eigenvalue weighted by Crippen LogP contribution is 2.28. The van der Waals surface area contributed by atoms with E-state index in [1.165, 1.54) is 31.2 Å². The Hall–Kier alpha value is -3.26. The van der Waals surface area contributed by atoms with E-state index in [1.807, 2.05) is 12.2 Å². The second kappa shape index (κ2) is 15.5. The smallest absolute Gasteiger partial charge is 0.143 e. The first-order chi connectivity index (χ1) is 19.6. The predicted octanol–water partition coefficient (Wildman–Crippen LogP) is 6.44. The molecule has 7 heteroatoms. The van der Waals surface area contributed by atoms with Crippen LogP contribution in [0.3, 0.4) is 0 Å². The van der Waals surface area contributed by atoms with Crippen molar-refractivity contribution in [3.05, 3.63) is 79.2 Å². The van der Waals surface area contributed by atoms with E-state index in [0.29, 0.717) is 0 Å². The van der Waals surface area contributed by atoms with Gasteiger partial charge in [-0.15, -0.1) is 0 Å². The molecule has 1 fully saturated rings. The van der Waals surface area contributed by atoms with Crippen LogP contribution in [0.15, 0.2) is 73.6 Å². The molecule has 2 N–H and O–H groups in total. The summed E-state index contributed by atoms with van der Waals surface area (Å²) in [5.74, 6) is 0.797. The summed E-state index contributed by atoms with van der Waals surface area (Å²) in [4.78, 5) is 17.5. The molecule has 0 unspecified atom stereocenters. The maximum atomic E-state index is 5.84. The Morgan fingerprint density at radius 1 is 1.05 bits per heavy atom. The Labute approximate surface area is 240 Å². The van der Waals surface area contributed by atoms with Gasteiger partial charge in [0.25, 0.3) is 0 Å². The van der Waals surface area contributed by atoms with Crippen molar-refractivity contribution in [2.75, 3.05) is 51.3 Å². The molecule has 0 aliphatic carbocycles. The summed E-state index contributed by atoms with van der Waals surface area (Å²) >= 11 is 0. The van der Waals surface area contributed by atoms with Crippen LogP contribution < -0.4 is 5.32 Å². The van der Waals surface area contributed by atoms with Crippen molar-refractivity contribution < 1.29 is 4.74 Å². The van der Waals surface area contributed by atoms with Crippen molar-refractivity contribution >= 4 is 16.9 Å². The third-order valence-corrected chi connectivity index (χ3v) is 7.65. The Morgan fingerprint density at radius 3 is 2.55 bits per heavy atom. The summed E-state index contributed by atoms with van der Waals surface area (Å²) < 4.78 is 5.84. The molecule has 0 saturated carbocycles. The minimum Gasteiger partial charge on any atom is -0.380 e. The summed E-state index contributed by atoms with van der Waals surface area (Å²) in [6.45, 7) is 20.2. The number of ether oxygens (including phenoxy) is 1.